The molecule has 1 saturated heterocycles. The first kappa shape index (κ1) is 14.6. The van der Waals surface area contributed by atoms with Crippen molar-refractivity contribution >= 4 is 39.4 Å². The number of benzene rings is 1. The monoisotopic (exact) mass is 343 g/mol. The molecule has 8 heteroatoms. The molecule has 0 aliphatic carbocycles. The maximum absolute atomic E-state index is 13.7. The number of nitrogens with zero attached hydrogens (tertiary/aromatic N) is 1. The topological polar surface area (TPSA) is 89.9 Å². The summed E-state index contributed by atoms with van der Waals surface area (Å²) in [7, 11) is 1.76. The third-order valence-electron chi connectivity index (χ3n) is 2.98. The minimum absolute atomic E-state index is 0.115. The predicted octanol–water partition coefficient (Wildman–Crippen LogP) is 0.680. The third-order valence-corrected chi connectivity index (χ3v) is 3.59. The highest BCUT2D eigenvalue weighted by molar-refractivity contribution is 9.10. The molecule has 1 aromatic carbocycles. The van der Waals surface area contributed by atoms with E-state index in [9.17, 15) is 14.0 Å². The van der Waals surface area contributed by atoms with E-state index < -0.39 is 11.8 Å². The highest BCUT2D eigenvalue weighted by atomic mass is 79.9. The summed E-state index contributed by atoms with van der Waals surface area (Å²) in [6.45, 7) is 0.115. The van der Waals surface area contributed by atoms with Crippen molar-refractivity contribution in [1.82, 2.24) is 10.2 Å². The van der Waals surface area contributed by atoms with Gasteiger partial charge in [-0.05, 0) is 22.0 Å². The van der Waals surface area contributed by atoms with Gasteiger partial charge in [-0.1, -0.05) is 0 Å². The number of carbonyl (C=O) groups excluding carboxylic acids is 2. The van der Waals surface area contributed by atoms with Crippen LogP contribution in [0, 0.1) is 11.2 Å². The van der Waals surface area contributed by atoms with Crippen molar-refractivity contribution in [1.29, 1.82) is 5.41 Å². The van der Waals surface area contributed by atoms with Gasteiger partial charge in [0.1, 0.15) is 17.3 Å². The molecule has 1 heterocycles. The number of quaternary nitrogens is 1. The highest BCUT2D eigenvalue weighted by Gasteiger charge is 2.29. The molecule has 1 aliphatic heterocycles. The predicted molar refractivity (Wildman–Crippen MR) is 73.3 cm³/mol. The summed E-state index contributed by atoms with van der Waals surface area (Å²) in [4.78, 5) is 23.9. The quantitative estimate of drug-likeness (QED) is 0.418. The molecule has 20 heavy (non-hydrogen) atoms. The Morgan fingerprint density at radius 3 is 2.80 bits per heavy atom. The Bertz CT molecular complexity index is 605. The van der Waals surface area contributed by atoms with Gasteiger partial charge in [0.15, 0.2) is 0 Å². The van der Waals surface area contributed by atoms with Crippen LogP contribution < -0.4 is 10.6 Å². The van der Waals surface area contributed by atoms with Crippen molar-refractivity contribution in [2.45, 2.75) is 6.42 Å². The van der Waals surface area contributed by atoms with Crippen molar-refractivity contribution in [3.05, 3.63) is 28.0 Å². The van der Waals surface area contributed by atoms with Crippen molar-refractivity contribution in [3.8, 4) is 0 Å². The summed E-state index contributed by atoms with van der Waals surface area (Å²) in [5.41, 5.74) is 0.936. The third kappa shape index (κ3) is 2.70. The molecule has 0 bridgehead atoms. The van der Waals surface area contributed by atoms with Crippen LogP contribution in [0.1, 0.15) is 12.0 Å². The number of imide groups is 1. The Morgan fingerprint density at radius 2 is 2.20 bits per heavy atom. The number of halogens is 2. The molecule has 1 fully saturated rings. The first-order valence-electron chi connectivity index (χ1n) is 5.92. The van der Waals surface area contributed by atoms with Crippen LogP contribution in [0.4, 0.5) is 14.9 Å². The van der Waals surface area contributed by atoms with E-state index in [0.717, 1.165) is 4.90 Å². The van der Waals surface area contributed by atoms with Gasteiger partial charge in [0.2, 0.25) is 5.91 Å². The fraction of sp³-hybridized carbons (Fsp3) is 0.250. The van der Waals surface area contributed by atoms with Crippen LogP contribution in [-0.4, -0.2) is 36.3 Å². The van der Waals surface area contributed by atoms with E-state index in [-0.39, 0.29) is 24.7 Å². The second-order valence-electron chi connectivity index (χ2n) is 4.25. The molecule has 0 unspecified atom stereocenters. The molecule has 0 aromatic heterocycles. The lowest BCUT2D eigenvalue weighted by atomic mass is 10.1. The van der Waals surface area contributed by atoms with Gasteiger partial charge in [-0.15, -0.1) is 0 Å². The number of hydrogen-bond donors (Lipinski definition) is 3. The Balaban J connectivity index is 2.36. The number of hydrogen-bond acceptors (Lipinski definition) is 3. The summed E-state index contributed by atoms with van der Waals surface area (Å²) < 4.78 is 13.9. The first-order chi connectivity index (χ1) is 9.43. The lowest BCUT2D eigenvalue weighted by Crippen LogP contribution is -2.73. The van der Waals surface area contributed by atoms with Gasteiger partial charge in [-0.25, -0.2) is 9.18 Å². The van der Waals surface area contributed by atoms with E-state index in [1.165, 1.54) is 6.07 Å². The molecule has 1 aromatic rings. The van der Waals surface area contributed by atoms with Crippen LogP contribution in [0.25, 0.3) is 0 Å². The average Bonchev–Trinajstić information content (AvgIpc) is 2.40. The van der Waals surface area contributed by atoms with Crippen LogP contribution in [0.15, 0.2) is 16.6 Å². The van der Waals surface area contributed by atoms with E-state index in [0.29, 0.717) is 15.7 Å². The molecule has 1 aliphatic rings. The molecule has 3 amide bonds. The van der Waals surface area contributed by atoms with E-state index in [4.69, 9.17) is 5.41 Å². The first-order valence-corrected chi connectivity index (χ1v) is 6.72. The average molecular weight is 344 g/mol. The van der Waals surface area contributed by atoms with Gasteiger partial charge in [0.05, 0.1) is 17.1 Å². The fourth-order valence-corrected chi connectivity index (χ4v) is 2.29. The summed E-state index contributed by atoms with van der Waals surface area (Å²) in [5, 5.41) is 11.9. The van der Waals surface area contributed by atoms with Crippen LogP contribution >= 0.6 is 15.9 Å². The number of rotatable bonds is 2. The SMILES string of the molecule is C[NH2+]c1cc(Br)c(F)cc1C(=N)N1CCC(=O)NC1=O. The summed E-state index contributed by atoms with van der Waals surface area (Å²) in [5.74, 6) is -1.01. The highest BCUT2D eigenvalue weighted by Crippen LogP contribution is 2.23. The van der Waals surface area contributed by atoms with Gasteiger partial charge in [-0.2, -0.15) is 0 Å². The molecule has 6 nitrogen and oxygen atoms in total. The Kier molecular flexibility index (Phi) is 4.15. The Labute approximate surface area is 123 Å². The maximum Gasteiger partial charge on any atom is 0.329 e. The van der Waals surface area contributed by atoms with Gasteiger partial charge in [0, 0.05) is 19.0 Å². The number of carbonyl (C=O) groups is 2. The molecule has 2 rings (SSSR count). The van der Waals surface area contributed by atoms with E-state index in [1.807, 2.05) is 0 Å². The minimum atomic E-state index is -0.656. The van der Waals surface area contributed by atoms with Crippen molar-refractivity contribution in [3.63, 3.8) is 0 Å². The summed E-state index contributed by atoms with van der Waals surface area (Å²) >= 11 is 3.08. The smallest absolute Gasteiger partial charge is 0.316 e. The van der Waals surface area contributed by atoms with Gasteiger partial charge in [0.25, 0.3) is 0 Å². The Morgan fingerprint density at radius 1 is 1.50 bits per heavy atom. The number of nitrogens with one attached hydrogen (secondary N) is 2. The molecular weight excluding hydrogens is 331 g/mol. The number of amides is 3. The zero-order valence-electron chi connectivity index (χ0n) is 10.7. The largest absolute Gasteiger partial charge is 0.329 e. The van der Waals surface area contributed by atoms with Gasteiger partial charge < -0.3 is 5.32 Å². The van der Waals surface area contributed by atoms with Crippen molar-refractivity contribution < 1.29 is 19.3 Å². The van der Waals surface area contributed by atoms with E-state index >= 15 is 0 Å². The van der Waals surface area contributed by atoms with Crippen molar-refractivity contribution in [2.24, 2.45) is 0 Å². The Hall–Kier alpha value is -1.80. The zero-order chi connectivity index (χ0) is 14.9. The zero-order valence-corrected chi connectivity index (χ0v) is 12.3. The van der Waals surface area contributed by atoms with Crippen LogP contribution in [-0.2, 0) is 4.79 Å². The summed E-state index contributed by atoms with van der Waals surface area (Å²) in [6.07, 6.45) is 0.123. The van der Waals surface area contributed by atoms with E-state index in [1.54, 1.807) is 18.4 Å². The molecule has 4 N–H and O–H groups in total. The van der Waals surface area contributed by atoms with Gasteiger partial charge in [-0.3, -0.25) is 20.4 Å². The lowest BCUT2D eigenvalue weighted by molar-refractivity contribution is -0.539. The normalized spacial score (nSPS) is 15.2. The van der Waals surface area contributed by atoms with Gasteiger partial charge >= 0.3 is 6.03 Å². The van der Waals surface area contributed by atoms with Crippen LogP contribution in [0.2, 0.25) is 0 Å². The molecule has 0 saturated carbocycles. The van der Waals surface area contributed by atoms with Crippen molar-refractivity contribution in [2.75, 3.05) is 13.6 Å². The molecule has 0 radical (unpaired) electrons. The number of urea groups is 1. The van der Waals surface area contributed by atoms with Crippen LogP contribution in [0.3, 0.4) is 0 Å². The fourth-order valence-electron chi connectivity index (χ4n) is 1.93. The number of nitrogens with two attached hydrogens (primary N) is 1. The molecule has 0 spiro atoms. The second-order valence-corrected chi connectivity index (χ2v) is 5.10. The maximum atomic E-state index is 13.7. The summed E-state index contributed by atoms with van der Waals surface area (Å²) in [6, 6.07) is 2.09. The van der Waals surface area contributed by atoms with E-state index in [2.05, 4.69) is 21.2 Å². The van der Waals surface area contributed by atoms with Crippen LogP contribution in [0.5, 0.6) is 0 Å². The second kappa shape index (κ2) is 5.68. The standard InChI is InChI=1S/C12H12BrFN4O2/c1-16-9-5-7(13)8(14)4-6(9)11(15)18-3-2-10(19)17-12(18)20/h4-5,15-16H,2-3H2,1H3,(H,17,19,20)/p+1. The lowest BCUT2D eigenvalue weighted by Gasteiger charge is -2.27. The molecular formula is C12H13BrFN4O2+. The number of amidine groups is 1. The molecule has 0 atom stereocenters. The molecule has 106 valence electrons. The minimum Gasteiger partial charge on any atom is -0.316 e.